The molecule has 4 heteroatoms. The Morgan fingerprint density at radius 2 is 2.18 bits per heavy atom. The summed E-state index contributed by atoms with van der Waals surface area (Å²) in [5.74, 6) is 0.232. The number of ketones is 1. The number of nitrogens with zero attached hydrogens (tertiary/aromatic N) is 2. The van der Waals surface area contributed by atoms with E-state index in [-0.39, 0.29) is 5.78 Å². The van der Waals surface area contributed by atoms with Gasteiger partial charge in [-0.25, -0.2) is 0 Å². The van der Waals surface area contributed by atoms with Crippen LogP contribution in [0.1, 0.15) is 38.6 Å². The van der Waals surface area contributed by atoms with Crippen molar-refractivity contribution in [3.8, 4) is 0 Å². The molecule has 0 radical (unpaired) electrons. The molecular weight excluding hydrogens is 214 g/mol. The number of carbonyl (C=O) groups is 1. The highest BCUT2D eigenvalue weighted by atomic mass is 16.1. The van der Waals surface area contributed by atoms with Crippen molar-refractivity contribution in [2.45, 2.75) is 46.6 Å². The third-order valence-electron chi connectivity index (χ3n) is 2.70. The van der Waals surface area contributed by atoms with Crippen LogP contribution in [0.25, 0.3) is 0 Å². The van der Waals surface area contributed by atoms with Crippen LogP contribution in [0.5, 0.6) is 0 Å². The quantitative estimate of drug-likeness (QED) is 0.698. The van der Waals surface area contributed by atoms with E-state index in [1.165, 1.54) is 0 Å². The van der Waals surface area contributed by atoms with Gasteiger partial charge in [0.05, 0.1) is 12.2 Å². The van der Waals surface area contributed by atoms with Crippen LogP contribution in [0.2, 0.25) is 0 Å². The first-order chi connectivity index (χ1) is 8.21. The van der Waals surface area contributed by atoms with Crippen LogP contribution in [0.15, 0.2) is 6.07 Å². The van der Waals surface area contributed by atoms with Gasteiger partial charge in [-0.3, -0.25) is 9.48 Å². The Hall–Kier alpha value is -1.16. The number of hydrogen-bond acceptors (Lipinski definition) is 3. The molecule has 0 aliphatic heterocycles. The summed E-state index contributed by atoms with van der Waals surface area (Å²) < 4.78 is 1.93. The third kappa shape index (κ3) is 4.30. The number of nitrogens with one attached hydrogen (secondary N) is 1. The van der Waals surface area contributed by atoms with Crippen molar-refractivity contribution in [3.05, 3.63) is 17.5 Å². The highest BCUT2D eigenvalue weighted by Gasteiger charge is 2.10. The Bertz CT molecular complexity index is 358. The molecule has 0 bridgehead atoms. The molecule has 1 aromatic heterocycles. The largest absolute Gasteiger partial charge is 0.310 e. The van der Waals surface area contributed by atoms with Crippen molar-refractivity contribution >= 4 is 5.78 Å². The van der Waals surface area contributed by atoms with Crippen molar-refractivity contribution in [1.82, 2.24) is 15.1 Å². The van der Waals surface area contributed by atoms with Crippen molar-refractivity contribution in [3.63, 3.8) is 0 Å². The minimum atomic E-state index is 0.232. The average Bonchev–Trinajstić information content (AvgIpc) is 2.71. The molecule has 0 aromatic carbocycles. The number of aryl methyl sites for hydroxylation is 2. The molecular formula is C13H23N3O. The molecule has 0 atom stereocenters. The van der Waals surface area contributed by atoms with Crippen molar-refractivity contribution in [1.29, 1.82) is 0 Å². The van der Waals surface area contributed by atoms with Gasteiger partial charge in [-0.1, -0.05) is 13.8 Å². The van der Waals surface area contributed by atoms with Crippen LogP contribution in [-0.2, 0) is 24.2 Å². The molecule has 17 heavy (non-hydrogen) atoms. The summed E-state index contributed by atoms with van der Waals surface area (Å²) in [6, 6.07) is 2.04. The summed E-state index contributed by atoms with van der Waals surface area (Å²) in [7, 11) is 0. The zero-order valence-electron chi connectivity index (χ0n) is 11.1. The lowest BCUT2D eigenvalue weighted by Crippen LogP contribution is -2.25. The highest BCUT2D eigenvalue weighted by molar-refractivity contribution is 5.82. The second kappa shape index (κ2) is 7.22. The molecule has 0 spiro atoms. The smallest absolute Gasteiger partial charge is 0.152 e. The first kappa shape index (κ1) is 13.9. The van der Waals surface area contributed by atoms with Crippen molar-refractivity contribution < 1.29 is 4.79 Å². The highest BCUT2D eigenvalue weighted by Crippen LogP contribution is 2.06. The van der Waals surface area contributed by atoms with Gasteiger partial charge in [0.25, 0.3) is 0 Å². The Morgan fingerprint density at radius 3 is 2.76 bits per heavy atom. The molecule has 1 N–H and O–H groups in total. The first-order valence-corrected chi connectivity index (χ1v) is 6.49. The van der Waals surface area contributed by atoms with Crippen LogP contribution >= 0.6 is 0 Å². The summed E-state index contributed by atoms with van der Waals surface area (Å²) in [6.45, 7) is 8.41. The van der Waals surface area contributed by atoms with Crippen LogP contribution in [-0.4, -0.2) is 28.7 Å². The Kier molecular flexibility index (Phi) is 5.91. The molecule has 96 valence electrons. The fraction of sp³-hybridized carbons (Fsp3) is 0.692. The van der Waals surface area contributed by atoms with E-state index < -0.39 is 0 Å². The SMILES string of the molecule is CCCNCC(=O)Cc1cc(CC)nn1CC. The number of carbonyl (C=O) groups excluding carboxylic acids is 1. The molecule has 4 nitrogen and oxygen atoms in total. The summed E-state index contributed by atoms with van der Waals surface area (Å²) in [5, 5.41) is 7.57. The van der Waals surface area contributed by atoms with Gasteiger partial charge in [0.15, 0.2) is 5.78 Å². The number of rotatable bonds is 8. The van der Waals surface area contributed by atoms with Gasteiger partial charge in [-0.05, 0) is 32.4 Å². The second-order valence-electron chi connectivity index (χ2n) is 4.19. The standard InChI is InChI=1S/C13H23N3O/c1-4-7-14-10-13(17)9-12-8-11(5-2)15-16(12)6-3/h8,14H,4-7,9-10H2,1-3H3. The lowest BCUT2D eigenvalue weighted by molar-refractivity contribution is -0.117. The zero-order chi connectivity index (χ0) is 12.7. The molecule has 0 saturated carbocycles. The van der Waals surface area contributed by atoms with Gasteiger partial charge in [0.1, 0.15) is 0 Å². The minimum Gasteiger partial charge on any atom is -0.310 e. The Morgan fingerprint density at radius 1 is 1.41 bits per heavy atom. The van der Waals surface area contributed by atoms with E-state index in [2.05, 4.69) is 31.2 Å². The second-order valence-corrected chi connectivity index (χ2v) is 4.19. The fourth-order valence-corrected chi connectivity index (χ4v) is 1.77. The minimum absolute atomic E-state index is 0.232. The monoisotopic (exact) mass is 237 g/mol. The summed E-state index contributed by atoms with van der Waals surface area (Å²) in [5.41, 5.74) is 2.10. The van der Waals surface area contributed by atoms with E-state index in [0.717, 1.165) is 37.3 Å². The van der Waals surface area contributed by atoms with Gasteiger partial charge in [-0.15, -0.1) is 0 Å². The van der Waals surface area contributed by atoms with Gasteiger partial charge < -0.3 is 5.32 Å². The maximum Gasteiger partial charge on any atom is 0.152 e. The molecule has 0 fully saturated rings. The van der Waals surface area contributed by atoms with Crippen molar-refractivity contribution in [2.24, 2.45) is 0 Å². The predicted octanol–water partition coefficient (Wildman–Crippen LogP) is 1.58. The summed E-state index contributed by atoms with van der Waals surface area (Å²) in [4.78, 5) is 11.7. The van der Waals surface area contributed by atoms with Gasteiger partial charge in [0, 0.05) is 18.7 Å². The Balaban J connectivity index is 2.54. The lowest BCUT2D eigenvalue weighted by atomic mass is 10.2. The van der Waals surface area contributed by atoms with E-state index >= 15 is 0 Å². The zero-order valence-corrected chi connectivity index (χ0v) is 11.1. The molecule has 0 aliphatic rings. The number of hydrogen-bond donors (Lipinski definition) is 1. The van der Waals surface area contributed by atoms with Gasteiger partial charge in [-0.2, -0.15) is 5.10 Å². The maximum absolute atomic E-state index is 11.7. The molecule has 0 amide bonds. The maximum atomic E-state index is 11.7. The molecule has 0 aliphatic carbocycles. The predicted molar refractivity (Wildman–Crippen MR) is 69.2 cm³/mol. The van der Waals surface area contributed by atoms with E-state index in [4.69, 9.17) is 0 Å². The fourth-order valence-electron chi connectivity index (χ4n) is 1.77. The van der Waals surface area contributed by atoms with Crippen LogP contribution in [0.3, 0.4) is 0 Å². The van der Waals surface area contributed by atoms with Gasteiger partial charge >= 0.3 is 0 Å². The third-order valence-corrected chi connectivity index (χ3v) is 2.70. The molecule has 1 aromatic rings. The number of Topliss-reactive ketones (excluding diaryl/α,β-unsaturated/α-hetero) is 1. The van der Waals surface area contributed by atoms with E-state index in [0.29, 0.717) is 13.0 Å². The summed E-state index contributed by atoms with van der Waals surface area (Å²) >= 11 is 0. The Labute approximate surface area is 103 Å². The van der Waals surface area contributed by atoms with Crippen LogP contribution in [0.4, 0.5) is 0 Å². The van der Waals surface area contributed by atoms with E-state index in [1.807, 2.05) is 10.7 Å². The normalized spacial score (nSPS) is 10.8. The molecule has 0 unspecified atom stereocenters. The molecule has 1 rings (SSSR count). The van der Waals surface area contributed by atoms with Crippen LogP contribution < -0.4 is 5.32 Å². The van der Waals surface area contributed by atoms with Crippen molar-refractivity contribution in [2.75, 3.05) is 13.1 Å². The first-order valence-electron chi connectivity index (χ1n) is 6.49. The van der Waals surface area contributed by atoms with E-state index in [9.17, 15) is 4.79 Å². The van der Waals surface area contributed by atoms with Crippen LogP contribution in [0, 0.1) is 0 Å². The number of aromatic nitrogens is 2. The topological polar surface area (TPSA) is 46.9 Å². The van der Waals surface area contributed by atoms with Gasteiger partial charge in [0.2, 0.25) is 0 Å². The summed E-state index contributed by atoms with van der Waals surface area (Å²) in [6.07, 6.45) is 2.46. The lowest BCUT2D eigenvalue weighted by Gasteiger charge is -2.04. The average molecular weight is 237 g/mol. The molecule has 1 heterocycles. The van der Waals surface area contributed by atoms with E-state index in [1.54, 1.807) is 0 Å². The molecule has 0 saturated heterocycles.